The molecule has 0 nitrogen and oxygen atoms in total. The van der Waals surface area contributed by atoms with Crippen LogP contribution in [0.4, 0.5) is 0 Å². The Morgan fingerprint density at radius 3 is 1.13 bits per heavy atom. The van der Waals surface area contributed by atoms with Gasteiger partial charge in [-0.3, -0.25) is 0 Å². The first-order valence-corrected chi connectivity index (χ1v) is 22.1. The van der Waals surface area contributed by atoms with Gasteiger partial charge in [-0.1, -0.05) is 206 Å². The highest BCUT2D eigenvalue weighted by Crippen LogP contribution is 2.58. The number of rotatable bonds is 5. The maximum absolute atomic E-state index is 2.53. The summed E-state index contributed by atoms with van der Waals surface area (Å²) in [7, 11) is 0. The lowest BCUT2D eigenvalue weighted by Crippen LogP contribution is -2.28. The van der Waals surface area contributed by atoms with Crippen LogP contribution in [0.25, 0.3) is 109 Å². The van der Waals surface area contributed by atoms with Crippen LogP contribution in [-0.4, -0.2) is 0 Å². The average molecular weight is 795 g/mol. The maximum Gasteiger partial charge on any atom is 0.0714 e. The largest absolute Gasteiger partial charge is 0.0714 e. The average Bonchev–Trinajstić information content (AvgIpc) is 3.65. The normalized spacial score (nSPS) is 13.2. The van der Waals surface area contributed by atoms with E-state index in [-0.39, 0.29) is 0 Å². The molecular formula is C63H38. The van der Waals surface area contributed by atoms with Crippen LogP contribution in [0.1, 0.15) is 22.3 Å². The minimum absolute atomic E-state index is 0.606. The van der Waals surface area contributed by atoms with E-state index in [0.717, 1.165) is 0 Å². The van der Waals surface area contributed by atoms with Crippen molar-refractivity contribution >= 4 is 64.6 Å². The zero-order valence-corrected chi connectivity index (χ0v) is 34.4. The molecule has 63 heavy (non-hydrogen) atoms. The predicted octanol–water partition coefficient (Wildman–Crippen LogP) is 16.8. The van der Waals surface area contributed by atoms with Crippen molar-refractivity contribution in [2.45, 2.75) is 5.41 Å². The van der Waals surface area contributed by atoms with Gasteiger partial charge in [-0.15, -0.1) is 0 Å². The fraction of sp³-hybridized carbons (Fsp3) is 0.0159. The van der Waals surface area contributed by atoms with Crippen LogP contribution in [0.15, 0.2) is 231 Å². The molecule has 14 rings (SSSR count). The van der Waals surface area contributed by atoms with Gasteiger partial charge in [0.2, 0.25) is 0 Å². The number of hydrogen-bond acceptors (Lipinski definition) is 0. The summed E-state index contributed by atoms with van der Waals surface area (Å²) >= 11 is 0. The molecule has 1 aliphatic carbocycles. The molecule has 0 saturated carbocycles. The third kappa shape index (κ3) is 4.81. The first-order valence-electron chi connectivity index (χ1n) is 22.1. The number of fused-ring (bicyclic) bond motifs is 3. The van der Waals surface area contributed by atoms with E-state index < -0.39 is 5.41 Å². The molecule has 0 heterocycles. The van der Waals surface area contributed by atoms with E-state index in [9.17, 15) is 0 Å². The van der Waals surface area contributed by atoms with Crippen molar-refractivity contribution in [1.29, 1.82) is 0 Å². The van der Waals surface area contributed by atoms with Gasteiger partial charge in [-0.05, 0) is 156 Å². The van der Waals surface area contributed by atoms with E-state index in [1.165, 1.54) is 131 Å². The molecule has 0 aliphatic heterocycles. The number of hydrogen-bond donors (Lipinski definition) is 0. The third-order valence-electron chi connectivity index (χ3n) is 14.4. The minimum Gasteiger partial charge on any atom is -0.0622 e. The quantitative estimate of drug-likeness (QED) is 0.152. The van der Waals surface area contributed by atoms with Gasteiger partial charge in [-0.25, -0.2) is 0 Å². The van der Waals surface area contributed by atoms with Gasteiger partial charge in [0, 0.05) is 0 Å². The molecule has 0 N–H and O–H groups in total. The zero-order chi connectivity index (χ0) is 41.2. The molecule has 0 atom stereocenters. The molecule has 13 aromatic carbocycles. The molecule has 0 saturated heterocycles. The van der Waals surface area contributed by atoms with Crippen molar-refractivity contribution in [3.8, 4) is 44.5 Å². The SMILES string of the molecule is c1ccc(-c2ccc(C3(c4ccccc4)c4cc(-c5cc6cccc7ccc8cccc5c8c76)ccc4-c4ccc(-c5cc6cccc7ccc8cccc5c8c76)cc43)cc2)cc1. The Labute approximate surface area is 365 Å². The highest BCUT2D eigenvalue weighted by atomic mass is 14.5. The molecule has 0 heteroatoms. The lowest BCUT2D eigenvalue weighted by molar-refractivity contribution is 0.769. The second-order valence-corrected chi connectivity index (χ2v) is 17.5. The zero-order valence-electron chi connectivity index (χ0n) is 34.4. The van der Waals surface area contributed by atoms with E-state index in [1.54, 1.807) is 0 Å². The van der Waals surface area contributed by atoms with E-state index in [4.69, 9.17) is 0 Å². The highest BCUT2D eigenvalue weighted by Gasteiger charge is 2.46. The molecule has 0 radical (unpaired) electrons. The molecule has 0 bridgehead atoms. The summed E-state index contributed by atoms with van der Waals surface area (Å²) in [5.41, 5.74) is 14.5. The van der Waals surface area contributed by atoms with Crippen LogP contribution in [-0.2, 0) is 5.41 Å². The van der Waals surface area contributed by atoms with Crippen molar-refractivity contribution < 1.29 is 0 Å². The van der Waals surface area contributed by atoms with Crippen molar-refractivity contribution in [2.24, 2.45) is 0 Å². The van der Waals surface area contributed by atoms with Gasteiger partial charge in [0.1, 0.15) is 0 Å². The van der Waals surface area contributed by atoms with Gasteiger partial charge in [0.05, 0.1) is 5.41 Å². The Hall–Kier alpha value is -8.06. The van der Waals surface area contributed by atoms with Crippen LogP contribution in [0.2, 0.25) is 0 Å². The highest BCUT2D eigenvalue weighted by molar-refractivity contribution is 6.27. The fourth-order valence-electron chi connectivity index (χ4n) is 11.7. The molecule has 13 aromatic rings. The molecule has 0 spiro atoms. The van der Waals surface area contributed by atoms with Gasteiger partial charge < -0.3 is 0 Å². The van der Waals surface area contributed by atoms with E-state index in [1.807, 2.05) is 0 Å². The van der Waals surface area contributed by atoms with Crippen molar-refractivity contribution in [3.05, 3.63) is 253 Å². The number of benzene rings is 13. The fourth-order valence-corrected chi connectivity index (χ4v) is 11.7. The molecule has 290 valence electrons. The summed E-state index contributed by atoms with van der Waals surface area (Å²) in [6.45, 7) is 0. The van der Waals surface area contributed by atoms with Crippen LogP contribution in [0.5, 0.6) is 0 Å². The summed E-state index contributed by atoms with van der Waals surface area (Å²) in [5.74, 6) is 0. The lowest BCUT2D eigenvalue weighted by atomic mass is 9.67. The lowest BCUT2D eigenvalue weighted by Gasteiger charge is -2.34. The minimum atomic E-state index is -0.606. The van der Waals surface area contributed by atoms with E-state index in [2.05, 4.69) is 231 Å². The van der Waals surface area contributed by atoms with Gasteiger partial charge in [0.25, 0.3) is 0 Å². The van der Waals surface area contributed by atoms with Crippen LogP contribution >= 0.6 is 0 Å². The van der Waals surface area contributed by atoms with Gasteiger partial charge in [0.15, 0.2) is 0 Å². The van der Waals surface area contributed by atoms with Crippen LogP contribution in [0.3, 0.4) is 0 Å². The molecule has 0 fully saturated rings. The molecule has 0 unspecified atom stereocenters. The second kappa shape index (κ2) is 13.0. The Balaban J connectivity index is 1.07. The second-order valence-electron chi connectivity index (χ2n) is 17.5. The standard InChI is InChI=1S/C63H38/c1-3-11-39(12-4-1)40-27-31-50(32-28-40)63(49-19-5-2-6-20-49)57-37-45(55-35-47-17-7-13-41-23-25-43-15-9-21-53(55)61(43)59(41)47)29-33-51(57)52-34-30-46(38-58(52)63)56-36-48-18-8-14-42-24-26-44-16-10-22-54(56)62(44)60(42)48/h1-38H. The van der Waals surface area contributed by atoms with E-state index in [0.29, 0.717) is 0 Å². The first-order chi connectivity index (χ1) is 31.2. The Bertz CT molecular complexity index is 3730. The molecule has 1 aliphatic rings. The molecular weight excluding hydrogens is 757 g/mol. The van der Waals surface area contributed by atoms with E-state index >= 15 is 0 Å². The molecule has 0 amide bonds. The Morgan fingerprint density at radius 2 is 0.619 bits per heavy atom. The maximum atomic E-state index is 2.53. The van der Waals surface area contributed by atoms with Crippen LogP contribution in [0, 0.1) is 0 Å². The summed E-state index contributed by atoms with van der Waals surface area (Å²) < 4.78 is 0. The van der Waals surface area contributed by atoms with Crippen LogP contribution < -0.4 is 0 Å². The Morgan fingerprint density at radius 1 is 0.222 bits per heavy atom. The topological polar surface area (TPSA) is 0 Å². The Kier molecular flexibility index (Phi) is 7.13. The third-order valence-corrected chi connectivity index (χ3v) is 14.4. The molecule has 0 aromatic heterocycles. The summed E-state index contributed by atoms with van der Waals surface area (Å²) in [5, 5.41) is 15.7. The van der Waals surface area contributed by atoms with Gasteiger partial charge in [-0.2, -0.15) is 0 Å². The van der Waals surface area contributed by atoms with Gasteiger partial charge >= 0.3 is 0 Å². The van der Waals surface area contributed by atoms with Crippen molar-refractivity contribution in [3.63, 3.8) is 0 Å². The smallest absolute Gasteiger partial charge is 0.0622 e. The summed E-state index contributed by atoms with van der Waals surface area (Å²) in [6, 6.07) is 87.1. The van der Waals surface area contributed by atoms with Crippen molar-refractivity contribution in [2.75, 3.05) is 0 Å². The summed E-state index contributed by atoms with van der Waals surface area (Å²) in [6.07, 6.45) is 0. The summed E-state index contributed by atoms with van der Waals surface area (Å²) in [4.78, 5) is 0. The predicted molar refractivity (Wildman–Crippen MR) is 267 cm³/mol. The first kappa shape index (κ1) is 34.6. The van der Waals surface area contributed by atoms with Crippen molar-refractivity contribution in [1.82, 2.24) is 0 Å². The monoisotopic (exact) mass is 794 g/mol.